The number of amides is 2. The van der Waals surface area contributed by atoms with E-state index in [1.807, 2.05) is 21.9 Å². The highest BCUT2D eigenvalue weighted by Gasteiger charge is 2.28. The average molecular weight is 273 g/mol. The summed E-state index contributed by atoms with van der Waals surface area (Å²) in [6.45, 7) is 3.50. The van der Waals surface area contributed by atoms with Gasteiger partial charge in [0.1, 0.15) is 0 Å². The van der Waals surface area contributed by atoms with Gasteiger partial charge < -0.3 is 9.80 Å². The summed E-state index contributed by atoms with van der Waals surface area (Å²) in [6, 6.07) is 8.39. The fraction of sp³-hybridized carbons (Fsp3) is 0.562. The second-order valence-corrected chi connectivity index (χ2v) is 5.75. The molecule has 0 spiro atoms. The van der Waals surface area contributed by atoms with Gasteiger partial charge in [0, 0.05) is 33.2 Å². The molecule has 108 valence electrons. The Bertz CT molecular complexity index is 480. The van der Waals surface area contributed by atoms with Crippen molar-refractivity contribution in [1.82, 2.24) is 4.90 Å². The molecule has 0 N–H and O–H groups in total. The van der Waals surface area contributed by atoms with E-state index in [-0.39, 0.29) is 6.03 Å². The third-order valence-corrected chi connectivity index (χ3v) is 4.35. The maximum absolute atomic E-state index is 12.8. The molecular weight excluding hydrogens is 250 g/mol. The van der Waals surface area contributed by atoms with E-state index >= 15 is 0 Å². The summed E-state index contributed by atoms with van der Waals surface area (Å²) in [6.07, 6.45) is 4.79. The summed E-state index contributed by atoms with van der Waals surface area (Å²) in [5, 5.41) is 0. The van der Waals surface area contributed by atoms with Crippen LogP contribution in [-0.4, -0.2) is 44.2 Å². The van der Waals surface area contributed by atoms with Gasteiger partial charge in [0.25, 0.3) is 0 Å². The largest absolute Gasteiger partial charge is 0.371 e. The Kier molecular flexibility index (Phi) is 3.81. The predicted molar refractivity (Wildman–Crippen MR) is 82.5 cm³/mol. The molecule has 1 saturated heterocycles. The Labute approximate surface area is 121 Å². The zero-order valence-electron chi connectivity index (χ0n) is 12.2. The van der Waals surface area contributed by atoms with Gasteiger partial charge in [-0.3, -0.25) is 4.90 Å². The van der Waals surface area contributed by atoms with Gasteiger partial charge in [-0.15, -0.1) is 0 Å². The van der Waals surface area contributed by atoms with E-state index in [9.17, 15) is 4.79 Å². The van der Waals surface area contributed by atoms with Crippen molar-refractivity contribution in [2.45, 2.75) is 25.7 Å². The topological polar surface area (TPSA) is 26.8 Å². The van der Waals surface area contributed by atoms with Crippen molar-refractivity contribution in [3.05, 3.63) is 24.3 Å². The van der Waals surface area contributed by atoms with Crippen LogP contribution in [-0.2, 0) is 0 Å². The monoisotopic (exact) mass is 273 g/mol. The minimum absolute atomic E-state index is 0.187. The second kappa shape index (κ2) is 5.73. The maximum atomic E-state index is 12.8. The molecule has 20 heavy (non-hydrogen) atoms. The molecule has 2 aliphatic heterocycles. The zero-order chi connectivity index (χ0) is 13.9. The van der Waals surface area contributed by atoms with Crippen molar-refractivity contribution in [3.8, 4) is 0 Å². The number of nitrogens with zero attached hydrogens (tertiary/aromatic N) is 3. The lowest BCUT2D eigenvalue weighted by molar-refractivity contribution is 0.206. The molecule has 0 aliphatic carbocycles. The van der Waals surface area contributed by atoms with Crippen LogP contribution in [0.25, 0.3) is 0 Å². The Balaban J connectivity index is 1.83. The Morgan fingerprint density at radius 3 is 2.25 bits per heavy atom. The quantitative estimate of drug-likeness (QED) is 0.726. The smallest absolute Gasteiger partial charge is 0.324 e. The minimum atomic E-state index is 0.187. The van der Waals surface area contributed by atoms with Crippen LogP contribution < -0.4 is 9.80 Å². The van der Waals surface area contributed by atoms with Crippen LogP contribution in [0, 0.1) is 0 Å². The molecule has 1 fully saturated rings. The highest BCUT2D eigenvalue weighted by Crippen LogP contribution is 2.32. The molecule has 0 radical (unpaired) electrons. The van der Waals surface area contributed by atoms with Gasteiger partial charge in [-0.25, -0.2) is 4.79 Å². The first-order chi connectivity index (χ1) is 9.77. The van der Waals surface area contributed by atoms with Gasteiger partial charge in [-0.1, -0.05) is 25.0 Å². The zero-order valence-corrected chi connectivity index (χ0v) is 12.2. The summed E-state index contributed by atoms with van der Waals surface area (Å²) < 4.78 is 0. The minimum Gasteiger partial charge on any atom is -0.371 e. The van der Waals surface area contributed by atoms with E-state index in [2.05, 4.69) is 24.1 Å². The van der Waals surface area contributed by atoms with Gasteiger partial charge in [-0.05, 0) is 25.0 Å². The van der Waals surface area contributed by atoms with Crippen molar-refractivity contribution in [3.63, 3.8) is 0 Å². The van der Waals surface area contributed by atoms with Gasteiger partial charge in [0.05, 0.1) is 11.4 Å². The fourth-order valence-electron chi connectivity index (χ4n) is 3.14. The van der Waals surface area contributed by atoms with Gasteiger partial charge in [0.2, 0.25) is 0 Å². The fourth-order valence-corrected chi connectivity index (χ4v) is 3.14. The number of para-hydroxylation sites is 2. The van der Waals surface area contributed by atoms with E-state index in [1.54, 1.807) is 0 Å². The van der Waals surface area contributed by atoms with Crippen LogP contribution in [0.2, 0.25) is 0 Å². The van der Waals surface area contributed by atoms with Crippen molar-refractivity contribution >= 4 is 17.4 Å². The van der Waals surface area contributed by atoms with E-state index in [0.717, 1.165) is 50.4 Å². The van der Waals surface area contributed by atoms with Crippen LogP contribution in [0.3, 0.4) is 0 Å². The number of hydrogen-bond donors (Lipinski definition) is 0. The molecule has 0 atom stereocenters. The van der Waals surface area contributed by atoms with E-state index < -0.39 is 0 Å². The van der Waals surface area contributed by atoms with E-state index in [1.165, 1.54) is 12.8 Å². The van der Waals surface area contributed by atoms with E-state index in [4.69, 9.17) is 0 Å². The van der Waals surface area contributed by atoms with Crippen LogP contribution in [0.4, 0.5) is 16.2 Å². The van der Waals surface area contributed by atoms with Gasteiger partial charge >= 0.3 is 6.03 Å². The van der Waals surface area contributed by atoms with Crippen molar-refractivity contribution in [2.75, 3.05) is 43.0 Å². The van der Waals surface area contributed by atoms with Crippen molar-refractivity contribution in [1.29, 1.82) is 0 Å². The Hall–Kier alpha value is -1.71. The number of benzene rings is 1. The van der Waals surface area contributed by atoms with Crippen molar-refractivity contribution < 1.29 is 4.79 Å². The highest BCUT2D eigenvalue weighted by atomic mass is 16.2. The SMILES string of the molecule is CN1CCN(C(=O)N2CCCCCC2)c2ccccc21. The summed E-state index contributed by atoms with van der Waals surface area (Å²) in [5.74, 6) is 0. The number of likely N-dealkylation sites (N-methyl/N-ethyl adjacent to an activating group) is 1. The molecule has 1 aromatic rings. The number of rotatable bonds is 0. The second-order valence-electron chi connectivity index (χ2n) is 5.75. The van der Waals surface area contributed by atoms with Crippen molar-refractivity contribution in [2.24, 2.45) is 0 Å². The molecule has 2 aliphatic rings. The lowest BCUT2D eigenvalue weighted by Crippen LogP contribution is -2.49. The normalized spacial score (nSPS) is 19.6. The molecule has 0 aromatic heterocycles. The molecule has 0 bridgehead atoms. The molecule has 0 unspecified atom stereocenters. The first-order valence-electron chi connectivity index (χ1n) is 7.64. The lowest BCUT2D eigenvalue weighted by atomic mass is 10.2. The maximum Gasteiger partial charge on any atom is 0.324 e. The summed E-state index contributed by atoms with van der Waals surface area (Å²) in [4.78, 5) is 19.0. The number of fused-ring (bicyclic) bond motifs is 1. The number of likely N-dealkylation sites (tertiary alicyclic amines) is 1. The van der Waals surface area contributed by atoms with Gasteiger partial charge in [0.15, 0.2) is 0 Å². The van der Waals surface area contributed by atoms with Crippen LogP contribution >= 0.6 is 0 Å². The standard InChI is InChI=1S/C16H23N3O/c1-17-12-13-19(15-9-5-4-8-14(15)17)16(20)18-10-6-2-3-7-11-18/h4-5,8-9H,2-3,6-7,10-13H2,1H3. The molecule has 2 amide bonds. The molecule has 0 saturated carbocycles. The Morgan fingerprint density at radius 1 is 0.900 bits per heavy atom. The highest BCUT2D eigenvalue weighted by molar-refractivity contribution is 5.96. The molecule has 2 heterocycles. The molecule has 4 heteroatoms. The number of carbonyl (C=O) groups excluding carboxylic acids is 1. The van der Waals surface area contributed by atoms with Crippen LogP contribution in [0.1, 0.15) is 25.7 Å². The van der Waals surface area contributed by atoms with Crippen LogP contribution in [0.15, 0.2) is 24.3 Å². The lowest BCUT2D eigenvalue weighted by Gasteiger charge is -2.38. The predicted octanol–water partition coefficient (Wildman–Crippen LogP) is 2.94. The van der Waals surface area contributed by atoms with Gasteiger partial charge in [-0.2, -0.15) is 0 Å². The number of hydrogen-bond acceptors (Lipinski definition) is 2. The summed E-state index contributed by atoms with van der Waals surface area (Å²) >= 11 is 0. The summed E-state index contributed by atoms with van der Waals surface area (Å²) in [7, 11) is 2.09. The number of urea groups is 1. The van der Waals surface area contributed by atoms with E-state index in [0.29, 0.717) is 0 Å². The number of anilines is 2. The molecule has 4 nitrogen and oxygen atoms in total. The molecule has 1 aromatic carbocycles. The third kappa shape index (κ3) is 2.47. The summed E-state index contributed by atoms with van der Waals surface area (Å²) in [5.41, 5.74) is 2.21. The molecule has 3 rings (SSSR count). The first kappa shape index (κ1) is 13.3. The molecular formula is C16H23N3O. The van der Waals surface area contributed by atoms with Crippen LogP contribution in [0.5, 0.6) is 0 Å². The first-order valence-corrected chi connectivity index (χ1v) is 7.64. The Morgan fingerprint density at radius 2 is 1.55 bits per heavy atom. The average Bonchev–Trinajstić information content (AvgIpc) is 2.76. The third-order valence-electron chi connectivity index (χ3n) is 4.35. The number of carbonyl (C=O) groups is 1.